The Morgan fingerprint density at radius 3 is 2.19 bits per heavy atom. The van der Waals surface area contributed by atoms with Gasteiger partial charge in [0, 0.05) is 12.1 Å². The highest BCUT2D eigenvalue weighted by atomic mass is 16.6. The number of phenolic OH excluding ortho intramolecular Hbond substituents is 1. The number of esters is 1. The molecular weight excluding hydrogens is 478 g/mol. The van der Waals surface area contributed by atoms with E-state index in [-0.39, 0.29) is 36.1 Å². The van der Waals surface area contributed by atoms with Crippen LogP contribution in [0.2, 0.25) is 0 Å². The van der Waals surface area contributed by atoms with Gasteiger partial charge in [0.2, 0.25) is 0 Å². The number of nitrogens with one attached hydrogen (secondary N) is 1. The molecule has 37 heavy (non-hydrogen) atoms. The van der Waals surface area contributed by atoms with Gasteiger partial charge < -0.3 is 24.4 Å². The quantitative estimate of drug-likeness (QED) is 0.270. The minimum Gasteiger partial charge on any atom is -0.504 e. The zero-order valence-corrected chi connectivity index (χ0v) is 22.3. The van der Waals surface area contributed by atoms with Crippen molar-refractivity contribution in [2.24, 2.45) is 0 Å². The van der Waals surface area contributed by atoms with E-state index in [9.17, 15) is 24.6 Å². The van der Waals surface area contributed by atoms with Crippen LogP contribution in [-0.4, -0.2) is 46.1 Å². The Bertz CT molecular complexity index is 1110. The fourth-order valence-electron chi connectivity index (χ4n) is 3.51. The second-order valence-electron chi connectivity index (χ2n) is 10.6. The number of anilines is 1. The van der Waals surface area contributed by atoms with E-state index in [4.69, 9.17) is 14.2 Å². The molecule has 0 aliphatic heterocycles. The SMILES string of the molecule is CC(C)(C)OC(=O)CCc1cccc(O)c1OCCCc1cc(NC(=O)OC(C)(C)C)ccc1C(=O)O. The van der Waals surface area contributed by atoms with Crippen LogP contribution in [0.5, 0.6) is 11.5 Å². The van der Waals surface area contributed by atoms with E-state index in [1.165, 1.54) is 18.2 Å². The van der Waals surface area contributed by atoms with Crippen LogP contribution < -0.4 is 10.1 Å². The molecule has 9 heteroatoms. The van der Waals surface area contributed by atoms with E-state index in [0.29, 0.717) is 36.1 Å². The van der Waals surface area contributed by atoms with Crippen LogP contribution in [0.25, 0.3) is 0 Å². The maximum atomic E-state index is 12.1. The number of amides is 1. The standard InChI is InChI=1S/C28H37NO8/c1-27(2,3)36-23(31)15-12-18-9-7-11-22(30)24(18)35-16-8-10-19-17-20(13-14-21(19)25(32)33)29-26(34)37-28(4,5)6/h7,9,11,13-14,17,30H,8,10,12,15-16H2,1-6H3,(H,29,34)(H,32,33). The molecule has 0 atom stereocenters. The number of benzene rings is 2. The second kappa shape index (κ2) is 12.5. The van der Waals surface area contributed by atoms with Crippen LogP contribution in [0.15, 0.2) is 36.4 Å². The van der Waals surface area contributed by atoms with E-state index < -0.39 is 23.3 Å². The van der Waals surface area contributed by atoms with Crippen molar-refractivity contribution in [3.8, 4) is 11.5 Å². The van der Waals surface area contributed by atoms with Crippen molar-refractivity contribution in [2.75, 3.05) is 11.9 Å². The summed E-state index contributed by atoms with van der Waals surface area (Å²) in [4.78, 5) is 35.9. The fraction of sp³-hybridized carbons (Fsp3) is 0.464. The van der Waals surface area contributed by atoms with Gasteiger partial charge in [-0.25, -0.2) is 9.59 Å². The van der Waals surface area contributed by atoms with E-state index in [1.54, 1.807) is 59.7 Å². The molecule has 2 aromatic carbocycles. The number of carbonyl (C=O) groups excluding carboxylic acids is 2. The largest absolute Gasteiger partial charge is 0.504 e. The average Bonchev–Trinajstić information content (AvgIpc) is 2.73. The lowest BCUT2D eigenvalue weighted by atomic mass is 10.0. The molecule has 0 unspecified atom stereocenters. The number of ether oxygens (including phenoxy) is 3. The van der Waals surface area contributed by atoms with E-state index >= 15 is 0 Å². The van der Waals surface area contributed by atoms with E-state index in [2.05, 4.69) is 5.32 Å². The molecule has 1 amide bonds. The van der Waals surface area contributed by atoms with Gasteiger partial charge in [0.05, 0.1) is 12.2 Å². The van der Waals surface area contributed by atoms with Gasteiger partial charge >= 0.3 is 18.0 Å². The Morgan fingerprint density at radius 1 is 0.892 bits per heavy atom. The number of phenols is 1. The molecule has 0 fully saturated rings. The molecule has 9 nitrogen and oxygen atoms in total. The summed E-state index contributed by atoms with van der Waals surface area (Å²) in [6, 6.07) is 9.48. The van der Waals surface area contributed by atoms with Crippen molar-refractivity contribution in [1.82, 2.24) is 0 Å². The maximum Gasteiger partial charge on any atom is 0.412 e. The Hall–Kier alpha value is -3.75. The number of aromatic hydroxyl groups is 1. The molecule has 0 aromatic heterocycles. The lowest BCUT2D eigenvalue weighted by molar-refractivity contribution is -0.154. The van der Waals surface area contributed by atoms with Gasteiger partial charge in [-0.1, -0.05) is 12.1 Å². The van der Waals surface area contributed by atoms with E-state index in [0.717, 1.165) is 0 Å². The first kappa shape index (κ1) is 29.5. The molecule has 3 N–H and O–H groups in total. The topological polar surface area (TPSA) is 131 Å². The number of hydrogen-bond donors (Lipinski definition) is 3. The second-order valence-corrected chi connectivity index (χ2v) is 10.6. The van der Waals surface area contributed by atoms with Crippen LogP contribution in [0.4, 0.5) is 10.5 Å². The number of aryl methyl sites for hydroxylation is 2. The van der Waals surface area contributed by atoms with Gasteiger partial charge in [-0.05, 0) is 96.2 Å². The lowest BCUT2D eigenvalue weighted by Gasteiger charge is -2.20. The van der Waals surface area contributed by atoms with Crippen molar-refractivity contribution in [3.05, 3.63) is 53.1 Å². The number of hydrogen-bond acceptors (Lipinski definition) is 7. The van der Waals surface area contributed by atoms with Crippen LogP contribution in [0.3, 0.4) is 0 Å². The number of carbonyl (C=O) groups is 3. The highest BCUT2D eigenvalue weighted by Crippen LogP contribution is 2.31. The molecule has 2 rings (SSSR count). The Morgan fingerprint density at radius 2 is 1.57 bits per heavy atom. The molecule has 0 heterocycles. The van der Waals surface area contributed by atoms with Crippen LogP contribution in [0, 0.1) is 0 Å². The lowest BCUT2D eigenvalue weighted by Crippen LogP contribution is -2.27. The zero-order chi connectivity index (χ0) is 27.8. The molecule has 0 aliphatic rings. The van der Waals surface area contributed by atoms with Gasteiger partial charge in [-0.2, -0.15) is 0 Å². The smallest absolute Gasteiger partial charge is 0.412 e. The van der Waals surface area contributed by atoms with Crippen LogP contribution in [-0.2, 0) is 27.1 Å². The number of carboxylic acid groups (broad SMARTS) is 1. The van der Waals surface area contributed by atoms with Gasteiger partial charge in [0.25, 0.3) is 0 Å². The minimum atomic E-state index is -1.08. The molecule has 0 saturated heterocycles. The highest BCUT2D eigenvalue weighted by molar-refractivity contribution is 5.91. The summed E-state index contributed by atoms with van der Waals surface area (Å²) in [6.07, 6.45) is 0.627. The molecular formula is C28H37NO8. The highest BCUT2D eigenvalue weighted by Gasteiger charge is 2.19. The Labute approximate surface area is 217 Å². The van der Waals surface area contributed by atoms with Crippen molar-refractivity contribution < 1.29 is 38.8 Å². The van der Waals surface area contributed by atoms with Crippen molar-refractivity contribution >= 4 is 23.7 Å². The van der Waals surface area contributed by atoms with Crippen LogP contribution >= 0.6 is 0 Å². The predicted octanol–water partition coefficient (Wildman–Crippen LogP) is 5.72. The number of carboxylic acids is 1. The van der Waals surface area contributed by atoms with Crippen LogP contribution in [0.1, 0.15) is 75.9 Å². The molecule has 0 saturated carbocycles. The minimum absolute atomic E-state index is 0.0449. The van der Waals surface area contributed by atoms with Crippen molar-refractivity contribution in [1.29, 1.82) is 0 Å². The molecule has 0 spiro atoms. The Kier molecular flexibility index (Phi) is 9.94. The summed E-state index contributed by atoms with van der Waals surface area (Å²) in [7, 11) is 0. The normalized spacial score (nSPS) is 11.5. The summed E-state index contributed by atoms with van der Waals surface area (Å²) in [5.74, 6) is -1.19. The average molecular weight is 516 g/mol. The Balaban J connectivity index is 2.03. The molecule has 0 bridgehead atoms. The summed E-state index contributed by atoms with van der Waals surface area (Å²) >= 11 is 0. The summed E-state index contributed by atoms with van der Waals surface area (Å²) in [5, 5.41) is 22.5. The fourth-order valence-corrected chi connectivity index (χ4v) is 3.51. The molecule has 0 aliphatic carbocycles. The first-order valence-electron chi connectivity index (χ1n) is 12.2. The van der Waals surface area contributed by atoms with Crippen molar-refractivity contribution in [2.45, 2.75) is 78.4 Å². The van der Waals surface area contributed by atoms with Crippen molar-refractivity contribution in [3.63, 3.8) is 0 Å². The van der Waals surface area contributed by atoms with Gasteiger partial charge in [-0.3, -0.25) is 10.1 Å². The molecule has 0 radical (unpaired) electrons. The van der Waals surface area contributed by atoms with Gasteiger partial charge in [0.15, 0.2) is 11.5 Å². The summed E-state index contributed by atoms with van der Waals surface area (Å²) < 4.78 is 16.4. The predicted molar refractivity (Wildman–Crippen MR) is 139 cm³/mol. The number of aromatic carboxylic acids is 1. The first-order chi connectivity index (χ1) is 17.1. The number of rotatable bonds is 10. The third-order valence-corrected chi connectivity index (χ3v) is 4.91. The molecule has 202 valence electrons. The zero-order valence-electron chi connectivity index (χ0n) is 22.3. The van der Waals surface area contributed by atoms with E-state index in [1.807, 2.05) is 0 Å². The van der Waals surface area contributed by atoms with Gasteiger partial charge in [-0.15, -0.1) is 0 Å². The maximum absolute atomic E-state index is 12.1. The first-order valence-corrected chi connectivity index (χ1v) is 12.2. The van der Waals surface area contributed by atoms with Gasteiger partial charge in [0.1, 0.15) is 11.2 Å². The third-order valence-electron chi connectivity index (χ3n) is 4.91. The number of para-hydroxylation sites is 1. The monoisotopic (exact) mass is 515 g/mol. The molecule has 2 aromatic rings. The summed E-state index contributed by atoms with van der Waals surface area (Å²) in [5.41, 5.74) is 0.479. The summed E-state index contributed by atoms with van der Waals surface area (Å²) in [6.45, 7) is 10.8. The third kappa shape index (κ3) is 10.4.